The molecule has 1 atom stereocenters. The maximum absolute atomic E-state index is 12.3. The van der Waals surface area contributed by atoms with Crippen LogP contribution in [0.3, 0.4) is 0 Å². The fourth-order valence-electron chi connectivity index (χ4n) is 1.80. The molecule has 21 heavy (non-hydrogen) atoms. The van der Waals surface area contributed by atoms with E-state index in [2.05, 4.69) is 20.7 Å². The van der Waals surface area contributed by atoms with Gasteiger partial charge in [-0.2, -0.15) is 0 Å². The van der Waals surface area contributed by atoms with Gasteiger partial charge >= 0.3 is 0 Å². The minimum atomic E-state index is -3.59. The molecule has 1 rings (SSSR count). The molecule has 0 saturated carbocycles. The molecule has 7 heteroatoms. The lowest BCUT2D eigenvalue weighted by Gasteiger charge is -2.16. The van der Waals surface area contributed by atoms with Crippen molar-refractivity contribution in [3.63, 3.8) is 0 Å². The lowest BCUT2D eigenvalue weighted by Crippen LogP contribution is -2.34. The first-order chi connectivity index (χ1) is 9.99. The standard InChI is InChI=1S/C14H18N4O2S/c1-3-5-13(6-4-11-16-18-15)17-21(19,20)14-9-7-12(2)8-10-14/h1,7-10,13,17H,4-6,11H2,2H3. The van der Waals surface area contributed by atoms with Gasteiger partial charge in [-0.05, 0) is 37.4 Å². The second kappa shape index (κ2) is 8.32. The molecule has 0 aliphatic heterocycles. The predicted molar refractivity (Wildman–Crippen MR) is 82.0 cm³/mol. The van der Waals surface area contributed by atoms with Crippen molar-refractivity contribution in [2.24, 2.45) is 5.11 Å². The number of nitrogens with zero attached hydrogens (tertiary/aromatic N) is 3. The van der Waals surface area contributed by atoms with Crippen molar-refractivity contribution in [2.45, 2.75) is 37.1 Å². The van der Waals surface area contributed by atoms with Crippen LogP contribution in [0.4, 0.5) is 0 Å². The summed E-state index contributed by atoms with van der Waals surface area (Å²) in [6, 6.07) is 6.24. The summed E-state index contributed by atoms with van der Waals surface area (Å²) in [6.45, 7) is 2.21. The third kappa shape index (κ3) is 5.88. The van der Waals surface area contributed by atoms with Crippen LogP contribution in [-0.2, 0) is 10.0 Å². The van der Waals surface area contributed by atoms with E-state index in [9.17, 15) is 8.42 Å². The molecule has 0 bridgehead atoms. The predicted octanol–water partition coefficient (Wildman–Crippen LogP) is 2.76. The van der Waals surface area contributed by atoms with Crippen molar-refractivity contribution in [3.8, 4) is 12.3 Å². The normalized spacial score (nSPS) is 12.2. The smallest absolute Gasteiger partial charge is 0.207 e. The van der Waals surface area contributed by atoms with E-state index in [0.717, 1.165) is 5.56 Å². The van der Waals surface area contributed by atoms with Gasteiger partial charge in [-0.15, -0.1) is 12.3 Å². The fourth-order valence-corrected chi connectivity index (χ4v) is 3.07. The van der Waals surface area contributed by atoms with Gasteiger partial charge in [-0.3, -0.25) is 0 Å². The number of hydrogen-bond acceptors (Lipinski definition) is 3. The molecule has 1 aromatic carbocycles. The maximum atomic E-state index is 12.3. The lowest BCUT2D eigenvalue weighted by molar-refractivity contribution is 0.522. The third-order valence-corrected chi connectivity index (χ3v) is 4.43. The van der Waals surface area contributed by atoms with E-state index < -0.39 is 10.0 Å². The van der Waals surface area contributed by atoms with E-state index in [1.807, 2.05) is 6.92 Å². The second-order valence-corrected chi connectivity index (χ2v) is 6.35. The van der Waals surface area contributed by atoms with Crippen LogP contribution < -0.4 is 4.72 Å². The number of azide groups is 1. The Labute approximate surface area is 125 Å². The van der Waals surface area contributed by atoms with E-state index in [4.69, 9.17) is 12.0 Å². The monoisotopic (exact) mass is 306 g/mol. The van der Waals surface area contributed by atoms with Crippen LogP contribution in [0.5, 0.6) is 0 Å². The van der Waals surface area contributed by atoms with Crippen LogP contribution in [0.25, 0.3) is 10.4 Å². The van der Waals surface area contributed by atoms with Crippen LogP contribution >= 0.6 is 0 Å². The van der Waals surface area contributed by atoms with Gasteiger partial charge in [-0.25, -0.2) is 13.1 Å². The van der Waals surface area contributed by atoms with Crippen molar-refractivity contribution in [3.05, 3.63) is 40.3 Å². The van der Waals surface area contributed by atoms with Gasteiger partial charge < -0.3 is 0 Å². The molecule has 6 nitrogen and oxygen atoms in total. The second-order valence-electron chi connectivity index (χ2n) is 4.64. The van der Waals surface area contributed by atoms with E-state index in [-0.39, 0.29) is 10.9 Å². The molecule has 112 valence electrons. The molecule has 0 fully saturated rings. The Morgan fingerprint density at radius 2 is 2.10 bits per heavy atom. The number of hydrogen-bond donors (Lipinski definition) is 1. The van der Waals surface area contributed by atoms with Gasteiger partial charge in [0.15, 0.2) is 0 Å². The summed E-state index contributed by atoms with van der Waals surface area (Å²) < 4.78 is 27.1. The Hall–Kier alpha value is -2.00. The summed E-state index contributed by atoms with van der Waals surface area (Å²) >= 11 is 0. The Morgan fingerprint density at radius 1 is 1.43 bits per heavy atom. The quantitative estimate of drug-likeness (QED) is 0.263. The summed E-state index contributed by atoms with van der Waals surface area (Å²) in [4.78, 5) is 2.87. The molecule has 0 aliphatic carbocycles. The third-order valence-electron chi connectivity index (χ3n) is 2.89. The van der Waals surface area contributed by atoms with Gasteiger partial charge in [0.25, 0.3) is 0 Å². The fraction of sp³-hybridized carbons (Fsp3) is 0.429. The Morgan fingerprint density at radius 3 is 2.67 bits per heavy atom. The molecule has 0 heterocycles. The molecule has 1 aromatic rings. The average Bonchev–Trinajstić information content (AvgIpc) is 2.44. The maximum Gasteiger partial charge on any atom is 0.240 e. The summed E-state index contributed by atoms with van der Waals surface area (Å²) in [7, 11) is -3.59. The number of benzene rings is 1. The number of aryl methyl sites for hydroxylation is 1. The van der Waals surface area contributed by atoms with Gasteiger partial charge in [0.2, 0.25) is 10.0 Å². The van der Waals surface area contributed by atoms with Gasteiger partial charge in [0.1, 0.15) is 0 Å². The topological polar surface area (TPSA) is 94.9 Å². The zero-order valence-corrected chi connectivity index (χ0v) is 12.7. The molecule has 0 saturated heterocycles. The molecule has 0 aliphatic rings. The zero-order valence-electron chi connectivity index (χ0n) is 11.9. The summed E-state index contributed by atoms with van der Waals surface area (Å²) in [5.41, 5.74) is 9.20. The van der Waals surface area contributed by atoms with E-state index in [1.165, 1.54) is 0 Å². The molecule has 0 amide bonds. The van der Waals surface area contributed by atoms with E-state index in [0.29, 0.717) is 25.8 Å². The molecular weight excluding hydrogens is 288 g/mol. The van der Waals surface area contributed by atoms with E-state index >= 15 is 0 Å². The molecule has 1 N–H and O–H groups in total. The Bertz CT molecular complexity index is 641. The minimum Gasteiger partial charge on any atom is -0.207 e. The average molecular weight is 306 g/mol. The molecule has 0 aromatic heterocycles. The van der Waals surface area contributed by atoms with Crippen molar-refractivity contribution in [1.82, 2.24) is 4.72 Å². The first kappa shape index (κ1) is 17.1. The van der Waals surface area contributed by atoms with Crippen molar-refractivity contribution in [2.75, 3.05) is 6.54 Å². The highest BCUT2D eigenvalue weighted by atomic mass is 32.2. The first-order valence-electron chi connectivity index (χ1n) is 6.53. The van der Waals surface area contributed by atoms with Crippen LogP contribution in [0.1, 0.15) is 24.8 Å². The molecule has 1 unspecified atom stereocenters. The highest BCUT2D eigenvalue weighted by Crippen LogP contribution is 2.13. The van der Waals surface area contributed by atoms with Crippen LogP contribution in [0, 0.1) is 19.3 Å². The summed E-state index contributed by atoms with van der Waals surface area (Å²) in [6.07, 6.45) is 6.66. The number of nitrogens with one attached hydrogen (secondary N) is 1. The molecule has 0 radical (unpaired) electrons. The molecule has 0 spiro atoms. The van der Waals surface area contributed by atoms with Gasteiger partial charge in [0.05, 0.1) is 4.90 Å². The van der Waals surface area contributed by atoms with Crippen LogP contribution in [0.15, 0.2) is 34.3 Å². The highest BCUT2D eigenvalue weighted by molar-refractivity contribution is 7.89. The van der Waals surface area contributed by atoms with Gasteiger partial charge in [-0.1, -0.05) is 22.8 Å². The number of terminal acetylenes is 1. The Balaban J connectivity index is 2.74. The number of sulfonamides is 1. The summed E-state index contributed by atoms with van der Waals surface area (Å²) in [5.74, 6) is 2.46. The molecular formula is C14H18N4O2S. The highest BCUT2D eigenvalue weighted by Gasteiger charge is 2.19. The zero-order chi connectivity index (χ0) is 15.7. The minimum absolute atomic E-state index is 0.213. The number of rotatable bonds is 8. The lowest BCUT2D eigenvalue weighted by atomic mass is 10.1. The Kier molecular flexibility index (Phi) is 6.76. The van der Waals surface area contributed by atoms with Crippen molar-refractivity contribution in [1.29, 1.82) is 0 Å². The first-order valence-corrected chi connectivity index (χ1v) is 8.01. The summed E-state index contributed by atoms with van der Waals surface area (Å²) in [5, 5.41) is 3.42. The van der Waals surface area contributed by atoms with Crippen LogP contribution in [-0.4, -0.2) is 21.0 Å². The van der Waals surface area contributed by atoms with Crippen LogP contribution in [0.2, 0.25) is 0 Å². The largest absolute Gasteiger partial charge is 0.240 e. The van der Waals surface area contributed by atoms with Gasteiger partial charge in [0, 0.05) is 23.9 Å². The van der Waals surface area contributed by atoms with Crippen molar-refractivity contribution >= 4 is 10.0 Å². The van der Waals surface area contributed by atoms with E-state index in [1.54, 1.807) is 24.3 Å². The SMILES string of the molecule is C#CCC(CCCN=[N+]=[N-])NS(=O)(=O)c1ccc(C)cc1. The van der Waals surface area contributed by atoms with Crippen molar-refractivity contribution < 1.29 is 8.42 Å².